The Hall–Kier alpha value is -3.29. The molecule has 7 nitrogen and oxygen atoms in total. The number of carbonyl (C=O) groups excluding carboxylic acids is 1. The molecule has 0 spiro atoms. The first-order valence-electron chi connectivity index (χ1n) is 6.66. The van der Waals surface area contributed by atoms with E-state index in [2.05, 4.69) is 25.9 Å². The highest BCUT2D eigenvalue weighted by Crippen LogP contribution is 2.21. The normalized spacial score (nSPS) is 10.3. The van der Waals surface area contributed by atoms with E-state index in [-0.39, 0.29) is 11.3 Å². The van der Waals surface area contributed by atoms with Crippen LogP contribution in [0.2, 0.25) is 0 Å². The Kier molecular flexibility index (Phi) is 3.96. The van der Waals surface area contributed by atoms with E-state index in [0.717, 1.165) is 6.07 Å². The zero-order valence-electron chi connectivity index (χ0n) is 12.1. The van der Waals surface area contributed by atoms with Gasteiger partial charge >= 0.3 is 0 Å². The first-order chi connectivity index (χ1) is 11.2. The number of carbonyl (C=O) groups is 1. The summed E-state index contributed by atoms with van der Waals surface area (Å²) in [6, 6.07) is 10.9. The van der Waals surface area contributed by atoms with E-state index >= 15 is 0 Å². The predicted octanol–water partition coefficient (Wildman–Crippen LogP) is 2.27. The maximum Gasteiger partial charge on any atom is 0.255 e. The van der Waals surface area contributed by atoms with Crippen molar-refractivity contribution in [3.05, 3.63) is 53.8 Å². The lowest BCUT2D eigenvalue weighted by atomic mass is 10.1. The number of aromatic nitrogens is 4. The third-order valence-electron chi connectivity index (χ3n) is 3.14. The van der Waals surface area contributed by atoms with Crippen molar-refractivity contribution in [1.29, 1.82) is 0 Å². The van der Waals surface area contributed by atoms with Gasteiger partial charge in [-0.1, -0.05) is 12.1 Å². The average molecular weight is 313 g/mol. The summed E-state index contributed by atoms with van der Waals surface area (Å²) in [5, 5.41) is 16.3. The van der Waals surface area contributed by atoms with E-state index in [1.807, 2.05) is 0 Å². The average Bonchev–Trinajstić information content (AvgIpc) is 3.09. The van der Waals surface area contributed by atoms with Crippen LogP contribution >= 0.6 is 0 Å². The molecule has 0 atom stereocenters. The molecule has 23 heavy (non-hydrogen) atoms. The zero-order valence-corrected chi connectivity index (χ0v) is 12.1. The molecular weight excluding hydrogens is 301 g/mol. The number of aromatic amines is 1. The lowest BCUT2D eigenvalue weighted by molar-refractivity contribution is 0.102. The fourth-order valence-corrected chi connectivity index (χ4v) is 2.03. The lowest BCUT2D eigenvalue weighted by Gasteiger charge is -2.07. The summed E-state index contributed by atoms with van der Waals surface area (Å²) in [5.41, 5.74) is 1.42. The molecule has 0 radical (unpaired) electrons. The number of hydrogen-bond donors (Lipinski definition) is 2. The van der Waals surface area contributed by atoms with Gasteiger partial charge in [-0.05, 0) is 35.5 Å². The van der Waals surface area contributed by atoms with Crippen molar-refractivity contribution >= 4 is 11.6 Å². The van der Waals surface area contributed by atoms with E-state index in [1.165, 1.54) is 19.2 Å². The van der Waals surface area contributed by atoms with Gasteiger partial charge in [-0.3, -0.25) is 4.79 Å². The highest BCUT2D eigenvalue weighted by atomic mass is 19.1. The van der Waals surface area contributed by atoms with Crippen molar-refractivity contribution in [2.45, 2.75) is 0 Å². The van der Waals surface area contributed by atoms with Crippen LogP contribution in [0.15, 0.2) is 42.5 Å². The number of anilines is 1. The van der Waals surface area contributed by atoms with Gasteiger partial charge in [0.05, 0.1) is 7.11 Å². The van der Waals surface area contributed by atoms with Crippen molar-refractivity contribution in [2.75, 3.05) is 12.4 Å². The fraction of sp³-hybridized carbons (Fsp3) is 0.0667. The first-order valence-corrected chi connectivity index (χ1v) is 6.66. The van der Waals surface area contributed by atoms with Gasteiger partial charge in [-0.25, -0.2) is 4.39 Å². The molecule has 3 rings (SSSR count). The maximum atomic E-state index is 13.7. The van der Waals surface area contributed by atoms with Gasteiger partial charge < -0.3 is 10.1 Å². The van der Waals surface area contributed by atoms with E-state index in [1.54, 1.807) is 24.3 Å². The SMILES string of the molecule is COc1ccc(C(=O)Nc2cccc(-c3nn[nH]n3)c2)cc1F. The Bertz CT molecular complexity index is 836. The van der Waals surface area contributed by atoms with Crippen LogP contribution in [0.5, 0.6) is 5.75 Å². The molecular formula is C15H12FN5O2. The van der Waals surface area contributed by atoms with E-state index in [0.29, 0.717) is 17.1 Å². The molecule has 0 saturated carbocycles. The summed E-state index contributed by atoms with van der Waals surface area (Å²) in [5.74, 6) is -0.533. The summed E-state index contributed by atoms with van der Waals surface area (Å²) in [7, 11) is 1.36. The Morgan fingerprint density at radius 2 is 2.13 bits per heavy atom. The summed E-state index contributed by atoms with van der Waals surface area (Å²) in [6.45, 7) is 0. The molecule has 0 aliphatic rings. The summed E-state index contributed by atoms with van der Waals surface area (Å²) >= 11 is 0. The van der Waals surface area contributed by atoms with Crippen molar-refractivity contribution < 1.29 is 13.9 Å². The van der Waals surface area contributed by atoms with E-state index in [9.17, 15) is 9.18 Å². The van der Waals surface area contributed by atoms with Crippen molar-refractivity contribution in [3.63, 3.8) is 0 Å². The Labute approximate surface area is 130 Å². The quantitative estimate of drug-likeness (QED) is 0.770. The second-order valence-corrected chi connectivity index (χ2v) is 4.62. The highest BCUT2D eigenvalue weighted by molar-refractivity contribution is 6.04. The molecule has 0 fully saturated rings. The molecule has 8 heteroatoms. The van der Waals surface area contributed by atoms with Crippen molar-refractivity contribution in [1.82, 2.24) is 20.6 Å². The number of nitrogens with zero attached hydrogens (tertiary/aromatic N) is 3. The molecule has 1 heterocycles. The second kappa shape index (κ2) is 6.22. The number of halogens is 1. The van der Waals surface area contributed by atoms with Crippen LogP contribution in [0.1, 0.15) is 10.4 Å². The van der Waals surface area contributed by atoms with Crippen LogP contribution < -0.4 is 10.1 Å². The minimum Gasteiger partial charge on any atom is -0.494 e. The summed E-state index contributed by atoms with van der Waals surface area (Å²) in [4.78, 5) is 12.2. The molecule has 2 aromatic carbocycles. The van der Waals surface area contributed by atoms with Crippen LogP contribution in [0.25, 0.3) is 11.4 Å². The van der Waals surface area contributed by atoms with Gasteiger partial charge in [0.15, 0.2) is 11.6 Å². The van der Waals surface area contributed by atoms with Crippen molar-refractivity contribution in [2.24, 2.45) is 0 Å². The molecule has 1 amide bonds. The fourth-order valence-electron chi connectivity index (χ4n) is 2.03. The standard InChI is InChI=1S/C15H12FN5O2/c1-23-13-6-5-10(8-12(13)16)15(22)17-11-4-2-3-9(7-11)14-18-20-21-19-14/h2-8H,1H3,(H,17,22)(H,18,19,20,21). The zero-order chi connectivity index (χ0) is 16.2. The number of nitrogens with one attached hydrogen (secondary N) is 2. The molecule has 0 saturated heterocycles. The number of hydrogen-bond acceptors (Lipinski definition) is 5. The summed E-state index contributed by atoms with van der Waals surface area (Å²) < 4.78 is 18.5. The Morgan fingerprint density at radius 3 is 2.83 bits per heavy atom. The number of amides is 1. The number of ether oxygens (including phenoxy) is 1. The third-order valence-corrected chi connectivity index (χ3v) is 3.14. The molecule has 0 unspecified atom stereocenters. The number of methoxy groups -OCH3 is 1. The minimum atomic E-state index is -0.597. The number of tetrazole rings is 1. The van der Waals surface area contributed by atoms with Gasteiger partial charge in [-0.2, -0.15) is 5.21 Å². The minimum absolute atomic E-state index is 0.0839. The molecule has 2 N–H and O–H groups in total. The topological polar surface area (TPSA) is 92.8 Å². The number of H-pyrrole nitrogens is 1. The van der Waals surface area contributed by atoms with Crippen LogP contribution in [-0.2, 0) is 0 Å². The number of rotatable bonds is 4. The monoisotopic (exact) mass is 313 g/mol. The second-order valence-electron chi connectivity index (χ2n) is 4.62. The lowest BCUT2D eigenvalue weighted by Crippen LogP contribution is -2.12. The molecule has 0 aliphatic carbocycles. The predicted molar refractivity (Wildman–Crippen MR) is 80.5 cm³/mol. The molecule has 0 bridgehead atoms. The highest BCUT2D eigenvalue weighted by Gasteiger charge is 2.11. The van der Waals surface area contributed by atoms with E-state index < -0.39 is 11.7 Å². The smallest absolute Gasteiger partial charge is 0.255 e. The van der Waals surface area contributed by atoms with Gasteiger partial charge in [0, 0.05) is 16.8 Å². The van der Waals surface area contributed by atoms with Crippen LogP contribution in [0, 0.1) is 5.82 Å². The molecule has 1 aromatic heterocycles. The molecule has 0 aliphatic heterocycles. The Balaban J connectivity index is 1.80. The van der Waals surface area contributed by atoms with Crippen LogP contribution in [0.4, 0.5) is 10.1 Å². The van der Waals surface area contributed by atoms with Gasteiger partial charge in [-0.15, -0.1) is 10.2 Å². The Morgan fingerprint density at radius 1 is 1.26 bits per heavy atom. The van der Waals surface area contributed by atoms with Gasteiger partial charge in [0.25, 0.3) is 5.91 Å². The van der Waals surface area contributed by atoms with Gasteiger partial charge in [0.1, 0.15) is 0 Å². The van der Waals surface area contributed by atoms with Crippen LogP contribution in [0.3, 0.4) is 0 Å². The van der Waals surface area contributed by atoms with Crippen molar-refractivity contribution in [3.8, 4) is 17.1 Å². The largest absolute Gasteiger partial charge is 0.494 e. The molecule has 116 valence electrons. The molecule has 3 aromatic rings. The third kappa shape index (κ3) is 3.15. The number of benzene rings is 2. The first kappa shape index (κ1) is 14.6. The maximum absolute atomic E-state index is 13.7. The van der Waals surface area contributed by atoms with Gasteiger partial charge in [0.2, 0.25) is 5.82 Å². The van der Waals surface area contributed by atoms with E-state index in [4.69, 9.17) is 4.74 Å². The van der Waals surface area contributed by atoms with Crippen LogP contribution in [-0.4, -0.2) is 33.6 Å². The summed E-state index contributed by atoms with van der Waals surface area (Å²) in [6.07, 6.45) is 0.